The van der Waals surface area contributed by atoms with Gasteiger partial charge in [-0.25, -0.2) is 13.2 Å². The number of benzene rings is 3. The van der Waals surface area contributed by atoms with Crippen LogP contribution in [0.5, 0.6) is 11.5 Å². The maximum Gasteiger partial charge on any atom is 0.341 e. The largest absolute Gasteiger partial charge is 0.505 e. The maximum atomic E-state index is 13.1. The molecule has 1 heterocycles. The number of sulfone groups is 1. The molecule has 0 aliphatic heterocycles. The van der Waals surface area contributed by atoms with E-state index in [1.54, 1.807) is 30.3 Å². The number of aromatic nitrogens is 3. The van der Waals surface area contributed by atoms with Crippen LogP contribution in [0.1, 0.15) is 44.6 Å². The Kier molecular flexibility index (Phi) is 6.36. The van der Waals surface area contributed by atoms with Gasteiger partial charge in [0.2, 0.25) is 9.84 Å². The molecule has 37 heavy (non-hydrogen) atoms. The average Bonchev–Trinajstić information content (AvgIpc) is 3.32. The normalized spacial score (nSPS) is 15.5. The van der Waals surface area contributed by atoms with Gasteiger partial charge in [0, 0.05) is 11.6 Å². The number of aliphatic carboxylic acids is 1. The van der Waals surface area contributed by atoms with Crippen LogP contribution >= 0.6 is 0 Å². The summed E-state index contributed by atoms with van der Waals surface area (Å²) in [7, 11) is -3.75. The first-order chi connectivity index (χ1) is 17.7. The van der Waals surface area contributed by atoms with E-state index in [0.717, 1.165) is 32.1 Å². The lowest BCUT2D eigenvalue weighted by molar-refractivity contribution is -0.139. The van der Waals surface area contributed by atoms with Gasteiger partial charge in [-0.1, -0.05) is 44.4 Å². The first-order valence-corrected chi connectivity index (χ1v) is 13.6. The van der Waals surface area contributed by atoms with Crippen molar-refractivity contribution in [3.63, 3.8) is 0 Å². The Morgan fingerprint density at radius 3 is 2.38 bits per heavy atom. The molecule has 1 aromatic heterocycles. The predicted octanol–water partition coefficient (Wildman–Crippen LogP) is 4.64. The molecular weight excluding hydrogens is 494 g/mol. The third kappa shape index (κ3) is 4.76. The average molecular weight is 522 g/mol. The van der Waals surface area contributed by atoms with Gasteiger partial charge in [-0.15, -0.1) is 15.0 Å². The second kappa shape index (κ2) is 9.51. The number of carboxylic acids is 1. The summed E-state index contributed by atoms with van der Waals surface area (Å²) >= 11 is 0. The molecule has 192 valence electrons. The molecule has 0 unspecified atom stereocenters. The fraction of sp³-hybridized carbons (Fsp3) is 0.296. The van der Waals surface area contributed by atoms with Crippen molar-refractivity contribution < 1.29 is 28.2 Å². The van der Waals surface area contributed by atoms with Gasteiger partial charge in [-0.3, -0.25) is 0 Å². The number of phenols is 1. The Hall–Kier alpha value is -3.92. The molecule has 0 atom stereocenters. The number of ether oxygens (including phenoxy) is 1. The molecule has 10 heteroatoms. The lowest BCUT2D eigenvalue weighted by atomic mass is 9.70. The standard InChI is InChI=1S/C27H27N3O6S/c1-27(12-6-3-7-13-27)21-14-18(36-17-25(31)32)15-24(26(21)33)30-28-22-11-10-20(16-23(22)29-30)37(34,35)19-8-4-2-5-9-19/h2,4-5,8-11,14-16,33H,3,6-7,12-13,17H2,1H3,(H,31,32). The second-order valence-corrected chi connectivity index (χ2v) is 11.5. The van der Waals surface area contributed by atoms with Crippen LogP contribution in [0.25, 0.3) is 16.7 Å². The molecule has 9 nitrogen and oxygen atoms in total. The smallest absolute Gasteiger partial charge is 0.341 e. The van der Waals surface area contributed by atoms with E-state index in [4.69, 9.17) is 9.84 Å². The minimum Gasteiger partial charge on any atom is -0.505 e. The third-order valence-corrected chi connectivity index (χ3v) is 8.73. The van der Waals surface area contributed by atoms with Gasteiger partial charge < -0.3 is 14.9 Å². The molecule has 0 radical (unpaired) electrons. The number of fused-ring (bicyclic) bond motifs is 1. The summed E-state index contributed by atoms with van der Waals surface area (Å²) in [5, 5.41) is 29.4. The summed E-state index contributed by atoms with van der Waals surface area (Å²) in [6, 6.07) is 15.8. The van der Waals surface area contributed by atoms with Crippen molar-refractivity contribution in [1.29, 1.82) is 0 Å². The van der Waals surface area contributed by atoms with E-state index in [1.807, 2.05) is 0 Å². The van der Waals surface area contributed by atoms with Gasteiger partial charge in [0.25, 0.3) is 0 Å². The molecular formula is C27H27N3O6S. The van der Waals surface area contributed by atoms with Gasteiger partial charge in [-0.05, 0) is 54.7 Å². The van der Waals surface area contributed by atoms with Crippen LogP contribution in [-0.4, -0.2) is 46.2 Å². The van der Waals surface area contributed by atoms with Crippen molar-refractivity contribution in [3.05, 3.63) is 66.2 Å². The number of carbonyl (C=O) groups is 1. The minimum atomic E-state index is -3.75. The summed E-state index contributed by atoms with van der Waals surface area (Å²) in [5.41, 5.74) is 1.34. The van der Waals surface area contributed by atoms with Crippen LogP contribution in [0.3, 0.4) is 0 Å². The Bertz CT molecular complexity index is 1570. The molecule has 0 bridgehead atoms. The zero-order valence-corrected chi connectivity index (χ0v) is 21.1. The Labute approximate surface area is 214 Å². The summed E-state index contributed by atoms with van der Waals surface area (Å²) in [4.78, 5) is 12.6. The molecule has 3 aromatic carbocycles. The minimum absolute atomic E-state index is 0.00971. The molecule has 0 amide bonds. The van der Waals surface area contributed by atoms with Crippen molar-refractivity contribution in [3.8, 4) is 17.2 Å². The van der Waals surface area contributed by atoms with Crippen molar-refractivity contribution in [2.75, 3.05) is 6.61 Å². The fourth-order valence-electron chi connectivity index (χ4n) is 4.94. The van der Waals surface area contributed by atoms with E-state index in [-0.39, 0.29) is 32.4 Å². The summed E-state index contributed by atoms with van der Waals surface area (Å²) < 4.78 is 31.6. The Morgan fingerprint density at radius 1 is 0.973 bits per heavy atom. The predicted molar refractivity (Wildman–Crippen MR) is 136 cm³/mol. The van der Waals surface area contributed by atoms with E-state index in [1.165, 1.54) is 35.1 Å². The van der Waals surface area contributed by atoms with Gasteiger partial charge in [0.15, 0.2) is 6.61 Å². The maximum absolute atomic E-state index is 13.1. The van der Waals surface area contributed by atoms with Crippen LogP contribution in [-0.2, 0) is 20.0 Å². The first-order valence-electron chi connectivity index (χ1n) is 12.1. The number of carboxylic acid groups (broad SMARTS) is 1. The van der Waals surface area contributed by atoms with Gasteiger partial charge in [-0.2, -0.15) is 0 Å². The monoisotopic (exact) mass is 521 g/mol. The lowest BCUT2D eigenvalue weighted by Crippen LogP contribution is -2.25. The molecule has 4 aromatic rings. The van der Waals surface area contributed by atoms with Crippen LogP contribution in [0, 0.1) is 0 Å². The van der Waals surface area contributed by atoms with E-state index >= 15 is 0 Å². The van der Waals surface area contributed by atoms with Crippen LogP contribution in [0.15, 0.2) is 70.5 Å². The van der Waals surface area contributed by atoms with E-state index in [2.05, 4.69) is 17.1 Å². The number of nitrogens with zero attached hydrogens (tertiary/aromatic N) is 3. The number of rotatable bonds is 7. The number of phenolic OH excluding ortho intramolecular Hbond substituents is 1. The zero-order valence-electron chi connectivity index (χ0n) is 20.3. The highest BCUT2D eigenvalue weighted by molar-refractivity contribution is 7.91. The summed E-state index contributed by atoms with van der Waals surface area (Å²) in [6.45, 7) is 1.55. The van der Waals surface area contributed by atoms with Crippen molar-refractivity contribution in [2.24, 2.45) is 0 Å². The summed E-state index contributed by atoms with van der Waals surface area (Å²) in [6.07, 6.45) is 4.91. The van der Waals surface area contributed by atoms with Crippen molar-refractivity contribution in [1.82, 2.24) is 15.0 Å². The number of hydrogen-bond acceptors (Lipinski definition) is 7. The fourth-order valence-corrected chi connectivity index (χ4v) is 6.24. The Balaban J connectivity index is 1.60. The molecule has 0 saturated heterocycles. The van der Waals surface area contributed by atoms with E-state index < -0.39 is 22.4 Å². The van der Waals surface area contributed by atoms with E-state index in [0.29, 0.717) is 16.6 Å². The quantitative estimate of drug-likeness (QED) is 0.359. The summed E-state index contributed by atoms with van der Waals surface area (Å²) in [5.74, 6) is -0.842. The lowest BCUT2D eigenvalue weighted by Gasteiger charge is -2.35. The van der Waals surface area contributed by atoms with E-state index in [9.17, 15) is 18.3 Å². The van der Waals surface area contributed by atoms with Gasteiger partial charge in [0.05, 0.1) is 9.79 Å². The Morgan fingerprint density at radius 2 is 1.68 bits per heavy atom. The molecule has 5 rings (SSSR count). The molecule has 0 spiro atoms. The third-order valence-electron chi connectivity index (χ3n) is 6.96. The van der Waals surface area contributed by atoms with Gasteiger partial charge in [0.1, 0.15) is 28.2 Å². The molecule has 2 N–H and O–H groups in total. The second-order valence-electron chi connectivity index (χ2n) is 9.60. The first kappa shape index (κ1) is 24.8. The van der Waals surface area contributed by atoms with Gasteiger partial charge >= 0.3 is 5.97 Å². The van der Waals surface area contributed by atoms with Crippen LogP contribution < -0.4 is 4.74 Å². The highest BCUT2D eigenvalue weighted by Crippen LogP contribution is 2.46. The topological polar surface area (TPSA) is 132 Å². The number of hydrogen-bond donors (Lipinski definition) is 2. The van der Waals surface area contributed by atoms with Crippen molar-refractivity contribution in [2.45, 2.75) is 54.2 Å². The van der Waals surface area contributed by atoms with Crippen LogP contribution in [0.2, 0.25) is 0 Å². The molecule has 1 saturated carbocycles. The number of aromatic hydroxyl groups is 1. The molecule has 1 aliphatic rings. The highest BCUT2D eigenvalue weighted by atomic mass is 32.2. The molecule has 1 fully saturated rings. The highest BCUT2D eigenvalue weighted by Gasteiger charge is 2.33. The van der Waals surface area contributed by atoms with Crippen LogP contribution in [0.4, 0.5) is 0 Å². The van der Waals surface area contributed by atoms with Crippen molar-refractivity contribution >= 4 is 26.8 Å². The zero-order chi connectivity index (χ0) is 26.2. The molecule has 1 aliphatic carbocycles. The SMILES string of the molecule is CC1(c2cc(OCC(=O)O)cc(-n3nc4ccc(S(=O)(=O)c5ccccc5)cc4n3)c2O)CCCCC1.